The van der Waals surface area contributed by atoms with Gasteiger partial charge >= 0.3 is 7.12 Å². The van der Waals surface area contributed by atoms with Gasteiger partial charge in [-0.1, -0.05) is 38.3 Å². The van der Waals surface area contributed by atoms with Gasteiger partial charge in [0.25, 0.3) is 0 Å². The maximum absolute atomic E-state index is 13.3. The molecule has 8 heteroatoms. The van der Waals surface area contributed by atoms with Crippen molar-refractivity contribution in [3.8, 4) is 0 Å². The Balaban J connectivity index is 1.58. The molecule has 190 valence electrons. The Labute approximate surface area is 208 Å². The topological polar surface area (TPSA) is 100 Å². The molecule has 2 aliphatic heterocycles. The van der Waals surface area contributed by atoms with Gasteiger partial charge in [0.05, 0.1) is 17.9 Å². The van der Waals surface area contributed by atoms with Gasteiger partial charge in [-0.15, -0.1) is 0 Å². The molecule has 0 spiro atoms. The van der Waals surface area contributed by atoms with Gasteiger partial charge in [0.1, 0.15) is 18.1 Å². The number of carbonyl (C=O) groups is 2. The lowest BCUT2D eigenvalue weighted by Crippen LogP contribution is -2.46. The van der Waals surface area contributed by atoms with E-state index in [1.165, 1.54) is 16.0 Å². The summed E-state index contributed by atoms with van der Waals surface area (Å²) in [5.41, 5.74) is 3.59. The smallest absolute Gasteiger partial charge is 0.455 e. The van der Waals surface area contributed by atoms with E-state index in [0.717, 1.165) is 43.4 Å². The quantitative estimate of drug-likeness (QED) is 0.292. The van der Waals surface area contributed by atoms with E-state index >= 15 is 0 Å². The lowest BCUT2D eigenvalue weighted by atomic mass is 9.58. The summed E-state index contributed by atoms with van der Waals surface area (Å²) in [6.45, 7) is 6.55. The highest BCUT2D eigenvalue weighted by Crippen LogP contribution is 2.51. The highest BCUT2D eigenvalue weighted by atomic mass is 16.5. The fourth-order valence-corrected chi connectivity index (χ4v) is 6.28. The molecule has 2 amide bonds. The monoisotopic (exact) mass is 483 g/mol. The summed E-state index contributed by atoms with van der Waals surface area (Å²) in [5, 5.41) is 19.9. The van der Waals surface area contributed by atoms with E-state index in [-0.39, 0.29) is 42.3 Å². The summed E-state index contributed by atoms with van der Waals surface area (Å²) in [7, 11) is -0.940. The molecule has 3 heterocycles. The summed E-state index contributed by atoms with van der Waals surface area (Å²) >= 11 is 0. The number of rotatable bonds is 10. The van der Waals surface area contributed by atoms with Crippen molar-refractivity contribution in [1.29, 1.82) is 0 Å². The average molecular weight is 483 g/mol. The lowest BCUT2D eigenvalue weighted by Gasteiger charge is -2.43. The zero-order valence-corrected chi connectivity index (χ0v) is 21.2. The molecular formula is C27H38BNO6. The zero-order valence-electron chi connectivity index (χ0n) is 21.2. The predicted molar refractivity (Wildman–Crippen MR) is 134 cm³/mol. The van der Waals surface area contributed by atoms with Gasteiger partial charge in [-0.2, -0.15) is 0 Å². The van der Waals surface area contributed by atoms with Crippen molar-refractivity contribution in [2.24, 2.45) is 17.8 Å². The minimum atomic E-state index is -0.940. The predicted octanol–water partition coefficient (Wildman–Crippen LogP) is 4.35. The number of carbonyl (C=O) groups excluding carboxylic acids is 2. The molecule has 0 radical (unpaired) electrons. The van der Waals surface area contributed by atoms with Crippen LogP contribution in [0.15, 0.2) is 33.3 Å². The van der Waals surface area contributed by atoms with Gasteiger partial charge in [0, 0.05) is 6.54 Å². The fourth-order valence-electron chi connectivity index (χ4n) is 6.28. The van der Waals surface area contributed by atoms with E-state index in [2.05, 4.69) is 13.8 Å². The van der Waals surface area contributed by atoms with Gasteiger partial charge in [-0.3, -0.25) is 14.5 Å². The molecule has 4 rings (SSSR count). The van der Waals surface area contributed by atoms with Crippen LogP contribution in [0.5, 0.6) is 0 Å². The standard InChI is InChI=1S/C27H38BNO6/c1-4-7-17(13-19-9-10-20(16-30)34-19)8-11-23-24-18(6-3)14-21-25(22(24)15-28(33)35-23)27(32)29(12-5-2)26(21)31/h9-10,13,21-23,25,30,33H,4-8,11-12,14-16H2,1-3H3/b17-13+/t21-,22+,23-,25-/m1/s1. The SMILES string of the molecule is CCC/C(=C\c1ccc(CO)o1)CC[C@H]1OB(O)C[C@H]2C1=C(CC)C[C@H]1C(=O)N(CCC)C(=O)[C@H]12. The number of hydrogen-bond donors (Lipinski definition) is 2. The van der Waals surface area contributed by atoms with Crippen LogP contribution < -0.4 is 0 Å². The summed E-state index contributed by atoms with van der Waals surface area (Å²) in [5.74, 6) is 0.308. The number of allylic oxidation sites excluding steroid dienone is 2. The third kappa shape index (κ3) is 5.20. The number of likely N-dealkylation sites (tertiary alicyclic amines) is 1. The van der Waals surface area contributed by atoms with Crippen LogP contribution in [-0.2, 0) is 20.9 Å². The van der Waals surface area contributed by atoms with Crippen molar-refractivity contribution in [2.75, 3.05) is 6.54 Å². The van der Waals surface area contributed by atoms with Crippen molar-refractivity contribution in [1.82, 2.24) is 4.90 Å². The van der Waals surface area contributed by atoms with Crippen LogP contribution in [0.4, 0.5) is 0 Å². The molecular weight excluding hydrogens is 445 g/mol. The van der Waals surface area contributed by atoms with Crippen LogP contribution in [0.25, 0.3) is 6.08 Å². The number of aliphatic hydroxyl groups excluding tert-OH is 1. The number of furan rings is 1. The van der Waals surface area contributed by atoms with Crippen molar-refractivity contribution in [2.45, 2.75) is 84.7 Å². The third-order valence-electron chi connectivity index (χ3n) is 7.76. The number of aliphatic hydroxyl groups is 1. The molecule has 2 saturated heterocycles. The molecule has 1 aromatic rings. The summed E-state index contributed by atoms with van der Waals surface area (Å²) in [6.07, 6.45) is 7.68. The van der Waals surface area contributed by atoms with Gasteiger partial charge < -0.3 is 19.2 Å². The maximum Gasteiger partial charge on any atom is 0.455 e. The number of nitrogens with zero attached hydrogens (tertiary/aromatic N) is 1. The minimum absolute atomic E-state index is 0.0433. The molecule has 35 heavy (non-hydrogen) atoms. The molecule has 7 nitrogen and oxygen atoms in total. The molecule has 0 bridgehead atoms. The third-order valence-corrected chi connectivity index (χ3v) is 7.76. The first-order valence-electron chi connectivity index (χ1n) is 13.2. The Morgan fingerprint density at radius 3 is 2.60 bits per heavy atom. The Hall–Kier alpha value is -2.16. The van der Waals surface area contributed by atoms with Crippen LogP contribution in [0.1, 0.15) is 77.2 Å². The Morgan fingerprint density at radius 1 is 1.14 bits per heavy atom. The van der Waals surface area contributed by atoms with Gasteiger partial charge in [0.15, 0.2) is 0 Å². The van der Waals surface area contributed by atoms with Gasteiger partial charge in [-0.25, -0.2) is 0 Å². The fraction of sp³-hybridized carbons (Fsp3) is 0.630. The average Bonchev–Trinajstić information content (AvgIpc) is 3.40. The van der Waals surface area contributed by atoms with E-state index < -0.39 is 7.12 Å². The van der Waals surface area contributed by atoms with Crippen LogP contribution >= 0.6 is 0 Å². The van der Waals surface area contributed by atoms with Crippen LogP contribution in [0.3, 0.4) is 0 Å². The van der Waals surface area contributed by atoms with E-state index in [9.17, 15) is 19.7 Å². The lowest BCUT2D eigenvalue weighted by molar-refractivity contribution is -0.140. The molecule has 2 N–H and O–H groups in total. The highest BCUT2D eigenvalue weighted by molar-refractivity contribution is 6.43. The number of hydrogen-bond acceptors (Lipinski definition) is 6. The Bertz CT molecular complexity index is 998. The van der Waals surface area contributed by atoms with E-state index in [1.807, 2.05) is 19.1 Å². The molecule has 2 fully saturated rings. The second kappa shape index (κ2) is 11.3. The number of fused-ring (bicyclic) bond motifs is 3. The molecule has 3 aliphatic rings. The largest absolute Gasteiger partial charge is 0.459 e. The summed E-state index contributed by atoms with van der Waals surface area (Å²) in [4.78, 5) is 27.8. The molecule has 0 saturated carbocycles. The summed E-state index contributed by atoms with van der Waals surface area (Å²) < 4.78 is 11.7. The first-order chi connectivity index (χ1) is 16.9. The first kappa shape index (κ1) is 25.9. The van der Waals surface area contributed by atoms with Crippen LogP contribution in [0.2, 0.25) is 6.32 Å². The second-order valence-corrected chi connectivity index (χ2v) is 10.1. The Morgan fingerprint density at radius 2 is 1.94 bits per heavy atom. The maximum atomic E-state index is 13.3. The van der Waals surface area contributed by atoms with Crippen molar-refractivity contribution in [3.63, 3.8) is 0 Å². The Kier molecular flexibility index (Phi) is 8.35. The molecule has 1 aromatic heterocycles. The summed E-state index contributed by atoms with van der Waals surface area (Å²) in [6, 6.07) is 3.64. The van der Waals surface area contributed by atoms with Crippen LogP contribution in [0, 0.1) is 17.8 Å². The first-order valence-corrected chi connectivity index (χ1v) is 13.2. The van der Waals surface area contributed by atoms with Crippen molar-refractivity contribution >= 4 is 25.0 Å². The molecule has 1 aliphatic carbocycles. The molecule has 4 atom stereocenters. The molecule has 0 unspecified atom stereocenters. The van der Waals surface area contributed by atoms with E-state index in [0.29, 0.717) is 31.5 Å². The van der Waals surface area contributed by atoms with E-state index in [4.69, 9.17) is 9.07 Å². The van der Waals surface area contributed by atoms with Crippen LogP contribution in [-0.4, -0.2) is 46.6 Å². The van der Waals surface area contributed by atoms with Crippen molar-refractivity contribution in [3.05, 3.63) is 40.4 Å². The highest BCUT2D eigenvalue weighted by Gasteiger charge is 2.56. The normalized spacial score (nSPS) is 27.1. The minimum Gasteiger partial charge on any atom is -0.459 e. The molecule has 0 aromatic carbocycles. The van der Waals surface area contributed by atoms with E-state index in [1.54, 1.807) is 6.07 Å². The van der Waals surface area contributed by atoms with Crippen molar-refractivity contribution < 1.29 is 28.8 Å². The second-order valence-electron chi connectivity index (χ2n) is 10.1. The number of amides is 2. The van der Waals surface area contributed by atoms with Gasteiger partial charge in [-0.05, 0) is 74.5 Å². The zero-order chi connectivity index (χ0) is 25.1. The number of imide groups is 1. The van der Waals surface area contributed by atoms with Gasteiger partial charge in [0.2, 0.25) is 11.8 Å².